The van der Waals surface area contributed by atoms with Gasteiger partial charge in [0.2, 0.25) is 5.91 Å². The second kappa shape index (κ2) is 8.13. The molecule has 0 aromatic heterocycles. The molecule has 4 nitrogen and oxygen atoms in total. The molecule has 0 spiro atoms. The third-order valence-electron chi connectivity index (χ3n) is 4.63. The molecule has 1 fully saturated rings. The number of nitrogens with one attached hydrogen (secondary N) is 1. The fraction of sp³-hybridized carbons (Fsp3) is 0.333. The first kappa shape index (κ1) is 18.1. The highest BCUT2D eigenvalue weighted by atomic mass is 19.1. The van der Waals surface area contributed by atoms with Crippen LogP contribution in [0.2, 0.25) is 0 Å². The summed E-state index contributed by atoms with van der Waals surface area (Å²) in [5.74, 6) is 0.534. The predicted molar refractivity (Wildman–Crippen MR) is 96.6 cm³/mol. The molecule has 1 unspecified atom stereocenters. The van der Waals surface area contributed by atoms with Crippen molar-refractivity contribution in [1.82, 2.24) is 5.32 Å². The minimum Gasteiger partial charge on any atom is -0.497 e. The zero-order chi connectivity index (χ0) is 18.5. The Morgan fingerprint density at radius 2 is 1.73 bits per heavy atom. The van der Waals surface area contributed by atoms with E-state index in [1.165, 1.54) is 24.3 Å². The Bertz CT molecular complexity index is 767. The summed E-state index contributed by atoms with van der Waals surface area (Å²) in [6.45, 7) is 0. The van der Waals surface area contributed by atoms with E-state index in [1.54, 1.807) is 7.11 Å². The largest absolute Gasteiger partial charge is 0.497 e. The first-order valence-electron chi connectivity index (χ1n) is 8.79. The molecule has 0 saturated heterocycles. The average Bonchev–Trinajstić information content (AvgIpc) is 3.50. The molecule has 1 N–H and O–H groups in total. The van der Waals surface area contributed by atoms with Crippen molar-refractivity contribution in [2.24, 2.45) is 5.92 Å². The summed E-state index contributed by atoms with van der Waals surface area (Å²) < 4.78 is 18.1. The van der Waals surface area contributed by atoms with Crippen LogP contribution in [0.15, 0.2) is 48.5 Å². The molecule has 3 rings (SSSR count). The van der Waals surface area contributed by atoms with Gasteiger partial charge in [-0.2, -0.15) is 0 Å². The van der Waals surface area contributed by atoms with Crippen LogP contribution in [0.25, 0.3) is 0 Å². The van der Waals surface area contributed by atoms with Crippen molar-refractivity contribution in [2.75, 3.05) is 7.11 Å². The molecule has 1 aliphatic rings. The Balaban J connectivity index is 1.56. The predicted octanol–water partition coefficient (Wildman–Crippen LogP) is 4.06. The smallest absolute Gasteiger partial charge is 0.220 e. The Morgan fingerprint density at radius 1 is 1.08 bits per heavy atom. The summed E-state index contributed by atoms with van der Waals surface area (Å²) >= 11 is 0. The molecule has 1 amide bonds. The van der Waals surface area contributed by atoms with Crippen LogP contribution in [0.5, 0.6) is 5.75 Å². The number of Topliss-reactive ketones (excluding diaryl/α,β-unsaturated/α-hetero) is 1. The number of hydrogen-bond acceptors (Lipinski definition) is 3. The number of benzene rings is 2. The number of methoxy groups -OCH3 is 1. The normalized spacial score (nSPS) is 14.5. The van der Waals surface area contributed by atoms with E-state index in [4.69, 9.17) is 4.74 Å². The van der Waals surface area contributed by atoms with Gasteiger partial charge in [0.1, 0.15) is 11.6 Å². The van der Waals surface area contributed by atoms with Gasteiger partial charge >= 0.3 is 0 Å². The van der Waals surface area contributed by atoms with E-state index in [0.717, 1.165) is 24.2 Å². The molecule has 5 heteroatoms. The summed E-state index contributed by atoms with van der Waals surface area (Å²) in [6.07, 6.45) is 2.41. The van der Waals surface area contributed by atoms with Gasteiger partial charge in [-0.05, 0) is 60.7 Å². The van der Waals surface area contributed by atoms with Crippen molar-refractivity contribution in [3.8, 4) is 5.75 Å². The quantitative estimate of drug-likeness (QED) is 0.727. The van der Waals surface area contributed by atoms with E-state index in [0.29, 0.717) is 11.5 Å². The van der Waals surface area contributed by atoms with Gasteiger partial charge in [0.15, 0.2) is 5.78 Å². The zero-order valence-electron chi connectivity index (χ0n) is 14.7. The second-order valence-electron chi connectivity index (χ2n) is 6.59. The second-order valence-corrected chi connectivity index (χ2v) is 6.59. The van der Waals surface area contributed by atoms with Crippen LogP contribution in [-0.2, 0) is 4.79 Å². The molecule has 136 valence electrons. The fourth-order valence-electron chi connectivity index (χ4n) is 2.97. The summed E-state index contributed by atoms with van der Waals surface area (Å²) in [5, 5.41) is 3.06. The number of carbonyl (C=O) groups is 2. The van der Waals surface area contributed by atoms with Crippen LogP contribution in [0.3, 0.4) is 0 Å². The maximum absolute atomic E-state index is 12.9. The summed E-state index contributed by atoms with van der Waals surface area (Å²) in [7, 11) is 1.62. The SMILES string of the molecule is COc1ccc(C(NC(=O)CCC(=O)c2ccc(F)cc2)C2CC2)cc1. The molecule has 0 heterocycles. The first-order chi connectivity index (χ1) is 12.6. The lowest BCUT2D eigenvalue weighted by molar-refractivity contribution is -0.122. The van der Waals surface area contributed by atoms with Gasteiger partial charge in [0.25, 0.3) is 0 Å². The van der Waals surface area contributed by atoms with Gasteiger partial charge in [-0.25, -0.2) is 4.39 Å². The number of amides is 1. The molecular formula is C21H22FNO3. The van der Waals surface area contributed by atoms with Gasteiger partial charge in [0, 0.05) is 18.4 Å². The molecule has 0 aliphatic heterocycles. The van der Waals surface area contributed by atoms with Gasteiger partial charge in [-0.1, -0.05) is 12.1 Å². The van der Waals surface area contributed by atoms with E-state index in [2.05, 4.69) is 5.32 Å². The molecular weight excluding hydrogens is 333 g/mol. The van der Waals surface area contributed by atoms with Crippen LogP contribution in [-0.4, -0.2) is 18.8 Å². The molecule has 26 heavy (non-hydrogen) atoms. The summed E-state index contributed by atoms with van der Waals surface area (Å²) in [5.41, 5.74) is 1.47. The maximum atomic E-state index is 12.9. The minimum absolute atomic E-state index is 0.0330. The number of halogens is 1. The van der Waals surface area contributed by atoms with Crippen molar-refractivity contribution < 1.29 is 18.7 Å². The molecule has 2 aromatic rings. The van der Waals surface area contributed by atoms with Gasteiger partial charge in [0.05, 0.1) is 13.2 Å². The highest BCUT2D eigenvalue weighted by Crippen LogP contribution is 2.41. The van der Waals surface area contributed by atoms with Crippen molar-refractivity contribution in [1.29, 1.82) is 0 Å². The number of ether oxygens (including phenoxy) is 1. The Kier molecular flexibility index (Phi) is 5.66. The standard InChI is InChI=1S/C21H22FNO3/c1-26-18-10-6-16(7-11-18)21(15-2-3-15)23-20(25)13-12-19(24)14-4-8-17(22)9-5-14/h4-11,15,21H,2-3,12-13H2,1H3,(H,23,25). The molecule has 1 aliphatic carbocycles. The Labute approximate surface area is 152 Å². The summed E-state index contributed by atoms with van der Waals surface area (Å²) in [4.78, 5) is 24.4. The number of carbonyl (C=O) groups excluding carboxylic acids is 2. The number of hydrogen-bond donors (Lipinski definition) is 1. The molecule has 0 radical (unpaired) electrons. The Hall–Kier alpha value is -2.69. The van der Waals surface area contributed by atoms with Crippen molar-refractivity contribution in [3.63, 3.8) is 0 Å². The molecule has 1 saturated carbocycles. The summed E-state index contributed by atoms with van der Waals surface area (Å²) in [6, 6.07) is 13.1. The number of ketones is 1. The zero-order valence-corrected chi connectivity index (χ0v) is 14.7. The van der Waals surface area contributed by atoms with Gasteiger partial charge in [-0.3, -0.25) is 9.59 Å². The monoisotopic (exact) mass is 355 g/mol. The highest BCUT2D eigenvalue weighted by Gasteiger charge is 2.33. The topological polar surface area (TPSA) is 55.4 Å². The average molecular weight is 355 g/mol. The van der Waals surface area contributed by atoms with Crippen LogP contribution in [0.1, 0.15) is 47.6 Å². The van der Waals surface area contributed by atoms with E-state index < -0.39 is 0 Å². The lowest BCUT2D eigenvalue weighted by Crippen LogP contribution is -2.30. The lowest BCUT2D eigenvalue weighted by Gasteiger charge is -2.19. The van der Waals surface area contributed by atoms with E-state index in [9.17, 15) is 14.0 Å². The Morgan fingerprint density at radius 3 is 2.31 bits per heavy atom. The van der Waals surface area contributed by atoms with Crippen molar-refractivity contribution in [2.45, 2.75) is 31.7 Å². The van der Waals surface area contributed by atoms with E-state index in [-0.39, 0.29) is 36.4 Å². The third-order valence-corrected chi connectivity index (χ3v) is 4.63. The van der Waals surface area contributed by atoms with Crippen LogP contribution in [0.4, 0.5) is 4.39 Å². The van der Waals surface area contributed by atoms with E-state index in [1.807, 2.05) is 24.3 Å². The van der Waals surface area contributed by atoms with Crippen molar-refractivity contribution >= 4 is 11.7 Å². The molecule has 0 bridgehead atoms. The molecule has 1 atom stereocenters. The maximum Gasteiger partial charge on any atom is 0.220 e. The fourth-order valence-corrected chi connectivity index (χ4v) is 2.97. The molecule has 2 aromatic carbocycles. The van der Waals surface area contributed by atoms with Crippen molar-refractivity contribution in [3.05, 3.63) is 65.5 Å². The van der Waals surface area contributed by atoms with Crippen LogP contribution < -0.4 is 10.1 Å². The van der Waals surface area contributed by atoms with Crippen LogP contribution in [0, 0.1) is 11.7 Å². The highest BCUT2D eigenvalue weighted by molar-refractivity contribution is 5.97. The minimum atomic E-state index is -0.383. The van der Waals surface area contributed by atoms with Crippen LogP contribution >= 0.6 is 0 Å². The first-order valence-corrected chi connectivity index (χ1v) is 8.79. The van der Waals surface area contributed by atoms with E-state index >= 15 is 0 Å². The lowest BCUT2D eigenvalue weighted by atomic mass is 10.0. The third kappa shape index (κ3) is 4.69. The van der Waals surface area contributed by atoms with Gasteiger partial charge in [-0.15, -0.1) is 0 Å². The number of rotatable bonds is 8. The van der Waals surface area contributed by atoms with Gasteiger partial charge < -0.3 is 10.1 Å².